The number of nitrogens with zero attached hydrogens (tertiary/aromatic N) is 2. The molecule has 1 aromatic heterocycles. The van der Waals surface area contributed by atoms with Crippen molar-refractivity contribution >= 4 is 6.08 Å². The zero-order chi connectivity index (χ0) is 10.5. The van der Waals surface area contributed by atoms with Crippen LogP contribution in [0.3, 0.4) is 0 Å². The Bertz CT molecular complexity index is 487. The zero-order valence-electron chi connectivity index (χ0n) is 8.01. The van der Waals surface area contributed by atoms with E-state index in [1.165, 1.54) is 6.08 Å². The highest BCUT2D eigenvalue weighted by atomic mass is 15.1. The Morgan fingerprint density at radius 3 is 2.60 bits per heavy atom. The van der Waals surface area contributed by atoms with Gasteiger partial charge in [-0.3, -0.25) is 5.10 Å². The number of rotatable bonds is 2. The molecule has 3 heteroatoms. The number of aromatic nitrogens is 2. The fourth-order valence-electron chi connectivity index (χ4n) is 1.32. The van der Waals surface area contributed by atoms with Gasteiger partial charge < -0.3 is 0 Å². The maximum atomic E-state index is 8.38. The van der Waals surface area contributed by atoms with Crippen molar-refractivity contribution in [3.05, 3.63) is 48.2 Å². The molecule has 0 atom stereocenters. The van der Waals surface area contributed by atoms with E-state index in [2.05, 4.69) is 10.2 Å². The van der Waals surface area contributed by atoms with Crippen LogP contribution >= 0.6 is 0 Å². The molecular weight excluding hydrogens is 186 g/mol. The molecule has 0 bridgehead atoms. The average Bonchev–Trinajstić information content (AvgIpc) is 2.80. The van der Waals surface area contributed by atoms with Gasteiger partial charge in [0.15, 0.2) is 0 Å². The predicted molar refractivity (Wildman–Crippen MR) is 58.7 cm³/mol. The predicted octanol–water partition coefficient (Wildman–Crippen LogP) is 2.61. The van der Waals surface area contributed by atoms with Gasteiger partial charge in [0.1, 0.15) is 0 Å². The summed E-state index contributed by atoms with van der Waals surface area (Å²) in [5, 5.41) is 15.2. The van der Waals surface area contributed by atoms with Crippen molar-refractivity contribution in [2.45, 2.75) is 0 Å². The van der Waals surface area contributed by atoms with E-state index in [1.54, 1.807) is 12.3 Å². The van der Waals surface area contributed by atoms with Crippen LogP contribution in [0, 0.1) is 11.3 Å². The summed E-state index contributed by atoms with van der Waals surface area (Å²) in [6.45, 7) is 0. The monoisotopic (exact) mass is 195 g/mol. The van der Waals surface area contributed by atoms with Crippen molar-refractivity contribution in [1.82, 2.24) is 10.2 Å². The van der Waals surface area contributed by atoms with Crippen LogP contribution < -0.4 is 0 Å². The third-order valence-electron chi connectivity index (χ3n) is 2.07. The standard InChI is InChI=1S/C12H9N3/c13-8-1-2-10-3-5-11(6-4-10)12-7-9-14-15-12/h1-7,9H,(H,14,15). The summed E-state index contributed by atoms with van der Waals surface area (Å²) in [5.74, 6) is 0. The van der Waals surface area contributed by atoms with Gasteiger partial charge in [-0.15, -0.1) is 0 Å². The molecule has 0 unspecified atom stereocenters. The molecule has 2 aromatic rings. The molecule has 2 rings (SSSR count). The maximum Gasteiger partial charge on any atom is 0.0912 e. The quantitative estimate of drug-likeness (QED) is 0.749. The SMILES string of the molecule is N#CC=Cc1ccc(-c2ccn[nH]2)cc1. The molecule has 15 heavy (non-hydrogen) atoms. The van der Waals surface area contributed by atoms with Crippen molar-refractivity contribution in [2.75, 3.05) is 0 Å². The number of hydrogen-bond acceptors (Lipinski definition) is 2. The molecule has 1 aromatic carbocycles. The van der Waals surface area contributed by atoms with Crippen LogP contribution in [-0.4, -0.2) is 10.2 Å². The first-order chi connectivity index (χ1) is 7.40. The molecule has 72 valence electrons. The van der Waals surface area contributed by atoms with E-state index in [9.17, 15) is 0 Å². The van der Waals surface area contributed by atoms with Crippen molar-refractivity contribution in [3.63, 3.8) is 0 Å². The van der Waals surface area contributed by atoms with Gasteiger partial charge in [-0.2, -0.15) is 10.4 Å². The molecule has 0 aliphatic heterocycles. The fourth-order valence-corrected chi connectivity index (χ4v) is 1.32. The van der Waals surface area contributed by atoms with Crippen molar-refractivity contribution in [3.8, 4) is 17.3 Å². The summed E-state index contributed by atoms with van der Waals surface area (Å²) in [4.78, 5) is 0. The summed E-state index contributed by atoms with van der Waals surface area (Å²) < 4.78 is 0. The van der Waals surface area contributed by atoms with Crippen LogP contribution in [0.4, 0.5) is 0 Å². The second kappa shape index (κ2) is 4.25. The minimum absolute atomic E-state index is 0.991. The summed E-state index contributed by atoms with van der Waals surface area (Å²) in [7, 11) is 0. The molecule has 0 saturated heterocycles. The largest absolute Gasteiger partial charge is 0.278 e. The van der Waals surface area contributed by atoms with Gasteiger partial charge in [0.2, 0.25) is 0 Å². The highest BCUT2D eigenvalue weighted by molar-refractivity contribution is 5.62. The van der Waals surface area contributed by atoms with Gasteiger partial charge in [-0.1, -0.05) is 24.3 Å². The molecule has 1 N–H and O–H groups in total. The summed E-state index contributed by atoms with van der Waals surface area (Å²) in [5.41, 5.74) is 3.09. The van der Waals surface area contributed by atoms with E-state index in [1.807, 2.05) is 36.4 Å². The molecular formula is C12H9N3. The Labute approximate surface area is 87.7 Å². The maximum absolute atomic E-state index is 8.38. The summed E-state index contributed by atoms with van der Waals surface area (Å²) in [6, 6.07) is 11.8. The lowest BCUT2D eigenvalue weighted by Gasteiger charge is -1.97. The Balaban J connectivity index is 2.26. The molecule has 0 saturated carbocycles. The van der Waals surface area contributed by atoms with E-state index in [-0.39, 0.29) is 0 Å². The molecule has 0 amide bonds. The molecule has 0 radical (unpaired) electrons. The number of nitriles is 1. The van der Waals surface area contributed by atoms with Crippen LogP contribution in [-0.2, 0) is 0 Å². The Hall–Kier alpha value is -2.34. The van der Waals surface area contributed by atoms with Gasteiger partial charge in [-0.05, 0) is 23.3 Å². The van der Waals surface area contributed by atoms with Crippen LogP contribution in [0.25, 0.3) is 17.3 Å². The second-order valence-corrected chi connectivity index (χ2v) is 3.05. The summed E-state index contributed by atoms with van der Waals surface area (Å²) >= 11 is 0. The minimum atomic E-state index is 0.991. The zero-order valence-corrected chi connectivity index (χ0v) is 8.01. The topological polar surface area (TPSA) is 52.5 Å². The van der Waals surface area contributed by atoms with E-state index in [4.69, 9.17) is 5.26 Å². The summed E-state index contributed by atoms with van der Waals surface area (Å²) in [6.07, 6.45) is 4.96. The molecule has 1 heterocycles. The van der Waals surface area contributed by atoms with Gasteiger partial charge in [0, 0.05) is 12.3 Å². The minimum Gasteiger partial charge on any atom is -0.278 e. The Morgan fingerprint density at radius 1 is 1.20 bits per heavy atom. The number of H-pyrrole nitrogens is 1. The molecule has 0 fully saturated rings. The highest BCUT2D eigenvalue weighted by Crippen LogP contribution is 2.16. The number of hydrogen-bond donors (Lipinski definition) is 1. The Kier molecular flexibility index (Phi) is 2.61. The Morgan fingerprint density at radius 2 is 2.00 bits per heavy atom. The number of aromatic amines is 1. The van der Waals surface area contributed by atoms with Crippen LogP contribution in [0.1, 0.15) is 5.56 Å². The van der Waals surface area contributed by atoms with Crippen LogP contribution in [0.2, 0.25) is 0 Å². The van der Waals surface area contributed by atoms with Crippen molar-refractivity contribution < 1.29 is 0 Å². The first-order valence-corrected chi connectivity index (χ1v) is 4.56. The van der Waals surface area contributed by atoms with E-state index in [0.717, 1.165) is 16.8 Å². The van der Waals surface area contributed by atoms with Gasteiger partial charge in [0.05, 0.1) is 11.8 Å². The number of benzene rings is 1. The van der Waals surface area contributed by atoms with E-state index >= 15 is 0 Å². The third-order valence-corrected chi connectivity index (χ3v) is 2.07. The van der Waals surface area contributed by atoms with Crippen molar-refractivity contribution in [1.29, 1.82) is 5.26 Å². The molecule has 3 nitrogen and oxygen atoms in total. The van der Waals surface area contributed by atoms with Gasteiger partial charge >= 0.3 is 0 Å². The lowest BCUT2D eigenvalue weighted by Crippen LogP contribution is -1.78. The fraction of sp³-hybridized carbons (Fsp3) is 0. The normalized spacial score (nSPS) is 10.3. The lowest BCUT2D eigenvalue weighted by atomic mass is 10.1. The number of allylic oxidation sites excluding steroid dienone is 1. The van der Waals surface area contributed by atoms with Crippen molar-refractivity contribution in [2.24, 2.45) is 0 Å². The lowest BCUT2D eigenvalue weighted by molar-refractivity contribution is 1.10. The number of nitrogens with one attached hydrogen (secondary N) is 1. The van der Waals surface area contributed by atoms with Crippen LogP contribution in [0.5, 0.6) is 0 Å². The van der Waals surface area contributed by atoms with Gasteiger partial charge in [0.25, 0.3) is 0 Å². The smallest absolute Gasteiger partial charge is 0.0912 e. The highest BCUT2D eigenvalue weighted by Gasteiger charge is 1.96. The first-order valence-electron chi connectivity index (χ1n) is 4.56. The third kappa shape index (κ3) is 2.12. The van der Waals surface area contributed by atoms with E-state index < -0.39 is 0 Å². The van der Waals surface area contributed by atoms with Crippen LogP contribution in [0.15, 0.2) is 42.6 Å². The molecule has 0 spiro atoms. The van der Waals surface area contributed by atoms with E-state index in [0.29, 0.717) is 0 Å². The second-order valence-electron chi connectivity index (χ2n) is 3.05. The van der Waals surface area contributed by atoms with Gasteiger partial charge in [-0.25, -0.2) is 0 Å². The molecule has 0 aliphatic rings. The first kappa shape index (κ1) is 9.22. The average molecular weight is 195 g/mol. The molecule has 0 aliphatic carbocycles.